The first-order valence-corrected chi connectivity index (χ1v) is 7.32. The van der Waals surface area contributed by atoms with Gasteiger partial charge >= 0.3 is 0 Å². The number of benzene rings is 1. The van der Waals surface area contributed by atoms with Crippen molar-refractivity contribution >= 4 is 11.6 Å². The molecule has 8 nitrogen and oxygen atoms in total. The quantitative estimate of drug-likeness (QED) is 0.763. The number of nitrogen functional groups attached to an aromatic ring is 1. The van der Waals surface area contributed by atoms with Gasteiger partial charge in [0, 0.05) is 12.7 Å². The van der Waals surface area contributed by atoms with Gasteiger partial charge in [-0.05, 0) is 24.6 Å². The summed E-state index contributed by atoms with van der Waals surface area (Å²) in [6, 6.07) is 5.56. The van der Waals surface area contributed by atoms with Crippen LogP contribution in [0.25, 0.3) is 16.9 Å². The molecule has 0 radical (unpaired) electrons. The third-order valence-electron chi connectivity index (χ3n) is 3.66. The van der Waals surface area contributed by atoms with Crippen molar-refractivity contribution in [3.05, 3.63) is 29.7 Å². The third kappa shape index (κ3) is 2.61. The van der Waals surface area contributed by atoms with Gasteiger partial charge in [0.15, 0.2) is 11.5 Å². The highest BCUT2D eigenvalue weighted by Crippen LogP contribution is 2.36. The van der Waals surface area contributed by atoms with Crippen LogP contribution in [0.4, 0.5) is 5.82 Å². The molecule has 8 heteroatoms. The van der Waals surface area contributed by atoms with Crippen LogP contribution in [0.15, 0.2) is 18.2 Å². The second-order valence-electron chi connectivity index (χ2n) is 5.19. The molecule has 3 rings (SSSR count). The van der Waals surface area contributed by atoms with E-state index < -0.39 is 0 Å². The molecule has 2 heterocycles. The van der Waals surface area contributed by atoms with Gasteiger partial charge in [0.05, 0.1) is 26.5 Å². The predicted molar refractivity (Wildman–Crippen MR) is 89.2 cm³/mol. The summed E-state index contributed by atoms with van der Waals surface area (Å²) in [4.78, 5) is 8.81. The Morgan fingerprint density at radius 1 is 1.08 bits per heavy atom. The zero-order chi connectivity index (χ0) is 17.3. The molecule has 0 aliphatic carbocycles. The molecule has 24 heavy (non-hydrogen) atoms. The summed E-state index contributed by atoms with van der Waals surface area (Å²) >= 11 is 0. The lowest BCUT2D eigenvalue weighted by Crippen LogP contribution is -2.08. The molecule has 0 atom stereocenters. The highest BCUT2D eigenvalue weighted by Gasteiger charge is 2.18. The minimum Gasteiger partial charge on any atom is -0.493 e. The lowest BCUT2D eigenvalue weighted by atomic mass is 10.0. The van der Waals surface area contributed by atoms with E-state index in [1.807, 2.05) is 18.2 Å². The molecule has 1 aromatic carbocycles. The van der Waals surface area contributed by atoms with Crippen LogP contribution in [0.3, 0.4) is 0 Å². The van der Waals surface area contributed by atoms with Crippen molar-refractivity contribution < 1.29 is 14.2 Å². The number of hydrogen-bond acceptors (Lipinski definition) is 7. The van der Waals surface area contributed by atoms with E-state index >= 15 is 0 Å². The third-order valence-corrected chi connectivity index (χ3v) is 3.66. The molecule has 0 spiro atoms. The molecule has 0 saturated carbocycles. The van der Waals surface area contributed by atoms with E-state index in [0.717, 1.165) is 11.1 Å². The van der Waals surface area contributed by atoms with Gasteiger partial charge in [-0.2, -0.15) is 9.50 Å². The smallest absolute Gasteiger partial charge is 0.254 e. The lowest BCUT2D eigenvalue weighted by molar-refractivity contribution is 0.182. The van der Waals surface area contributed by atoms with E-state index in [0.29, 0.717) is 41.2 Å². The number of methoxy groups -OCH3 is 3. The topological polar surface area (TPSA) is 96.8 Å². The molecule has 0 fully saturated rings. The Labute approximate surface area is 139 Å². The number of anilines is 1. The Bertz CT molecular complexity index is 891. The zero-order valence-corrected chi connectivity index (χ0v) is 14.0. The van der Waals surface area contributed by atoms with E-state index in [2.05, 4.69) is 15.1 Å². The Hall–Kier alpha value is -2.87. The summed E-state index contributed by atoms with van der Waals surface area (Å²) in [7, 11) is 4.78. The van der Waals surface area contributed by atoms with Crippen molar-refractivity contribution in [2.24, 2.45) is 0 Å². The van der Waals surface area contributed by atoms with Gasteiger partial charge in [-0.3, -0.25) is 0 Å². The number of ether oxygens (including phenoxy) is 3. The van der Waals surface area contributed by atoms with Crippen LogP contribution in [-0.4, -0.2) is 40.9 Å². The van der Waals surface area contributed by atoms with Crippen molar-refractivity contribution in [3.63, 3.8) is 0 Å². The van der Waals surface area contributed by atoms with Crippen LogP contribution >= 0.6 is 0 Å². The zero-order valence-electron chi connectivity index (χ0n) is 14.0. The monoisotopic (exact) mass is 329 g/mol. The first-order valence-electron chi connectivity index (χ1n) is 7.32. The van der Waals surface area contributed by atoms with Crippen molar-refractivity contribution in [2.75, 3.05) is 27.1 Å². The van der Waals surface area contributed by atoms with E-state index in [1.54, 1.807) is 28.3 Å². The summed E-state index contributed by atoms with van der Waals surface area (Å²) in [5.41, 5.74) is 8.60. The van der Waals surface area contributed by atoms with E-state index in [-0.39, 0.29) is 0 Å². The van der Waals surface area contributed by atoms with Gasteiger partial charge in [0.25, 0.3) is 5.78 Å². The maximum absolute atomic E-state index is 6.35. The van der Waals surface area contributed by atoms with Crippen LogP contribution in [0.1, 0.15) is 11.5 Å². The van der Waals surface area contributed by atoms with Crippen molar-refractivity contribution in [1.29, 1.82) is 0 Å². The Balaban J connectivity index is 2.27. The normalized spacial score (nSPS) is 11.0. The standard InChI is InChI=1S/C16H19N5O3/c1-9-18-16-19-11(8-22-2)14(15(17)21(16)20-9)10-5-6-12(23-3)13(7-10)24-4/h5-7H,8,17H2,1-4H3. The highest BCUT2D eigenvalue weighted by atomic mass is 16.5. The Kier molecular flexibility index (Phi) is 4.22. The van der Waals surface area contributed by atoms with Gasteiger partial charge < -0.3 is 19.9 Å². The molecule has 0 aliphatic heterocycles. The fourth-order valence-electron chi connectivity index (χ4n) is 2.62. The molecule has 2 aromatic heterocycles. The fourth-order valence-corrected chi connectivity index (χ4v) is 2.62. The lowest BCUT2D eigenvalue weighted by Gasteiger charge is -2.14. The molecule has 0 unspecified atom stereocenters. The molecule has 2 N–H and O–H groups in total. The predicted octanol–water partition coefficient (Wildman–Crippen LogP) is 1.85. The Morgan fingerprint density at radius 2 is 1.83 bits per heavy atom. The first-order chi connectivity index (χ1) is 11.6. The van der Waals surface area contributed by atoms with Crippen LogP contribution in [-0.2, 0) is 11.3 Å². The summed E-state index contributed by atoms with van der Waals surface area (Å²) in [5.74, 6) is 2.73. The van der Waals surface area contributed by atoms with E-state index in [9.17, 15) is 0 Å². The summed E-state index contributed by atoms with van der Waals surface area (Å²) in [6.07, 6.45) is 0. The Morgan fingerprint density at radius 3 is 2.50 bits per heavy atom. The SMILES string of the molecule is COCc1nc2nc(C)nn2c(N)c1-c1ccc(OC)c(OC)c1. The second kappa shape index (κ2) is 6.32. The summed E-state index contributed by atoms with van der Waals surface area (Å²) in [5, 5.41) is 4.30. The van der Waals surface area contributed by atoms with Gasteiger partial charge in [-0.1, -0.05) is 6.07 Å². The van der Waals surface area contributed by atoms with Gasteiger partial charge in [-0.15, -0.1) is 5.10 Å². The minimum atomic E-state index is 0.302. The minimum absolute atomic E-state index is 0.302. The number of aromatic nitrogens is 4. The highest BCUT2D eigenvalue weighted by molar-refractivity contribution is 5.79. The van der Waals surface area contributed by atoms with Crippen LogP contribution in [0, 0.1) is 6.92 Å². The van der Waals surface area contributed by atoms with Gasteiger partial charge in [0.1, 0.15) is 11.6 Å². The second-order valence-corrected chi connectivity index (χ2v) is 5.19. The van der Waals surface area contributed by atoms with Crippen molar-refractivity contribution in [3.8, 4) is 22.6 Å². The molecule has 0 aliphatic rings. The first kappa shape index (κ1) is 16.0. The number of hydrogen-bond donors (Lipinski definition) is 1. The summed E-state index contributed by atoms with van der Waals surface area (Å²) in [6.45, 7) is 2.09. The largest absolute Gasteiger partial charge is 0.493 e. The molecular weight excluding hydrogens is 310 g/mol. The number of nitrogens with two attached hydrogens (primary N) is 1. The van der Waals surface area contributed by atoms with Crippen molar-refractivity contribution in [2.45, 2.75) is 13.5 Å². The average molecular weight is 329 g/mol. The molecule has 0 amide bonds. The van der Waals surface area contributed by atoms with Crippen LogP contribution in [0.5, 0.6) is 11.5 Å². The molecular formula is C16H19N5O3. The maximum atomic E-state index is 6.35. The summed E-state index contributed by atoms with van der Waals surface area (Å²) < 4.78 is 17.5. The van der Waals surface area contributed by atoms with E-state index in [4.69, 9.17) is 19.9 Å². The average Bonchev–Trinajstić information content (AvgIpc) is 2.95. The van der Waals surface area contributed by atoms with Crippen LogP contribution < -0.4 is 15.2 Å². The number of aryl methyl sites for hydroxylation is 1. The van der Waals surface area contributed by atoms with Gasteiger partial charge in [-0.25, -0.2) is 4.98 Å². The molecule has 126 valence electrons. The van der Waals surface area contributed by atoms with E-state index in [1.165, 1.54) is 4.52 Å². The number of nitrogens with zero attached hydrogens (tertiary/aromatic N) is 4. The molecule has 0 bridgehead atoms. The van der Waals surface area contributed by atoms with Crippen molar-refractivity contribution in [1.82, 2.24) is 19.6 Å². The number of fused-ring (bicyclic) bond motifs is 1. The molecule has 0 saturated heterocycles. The van der Waals surface area contributed by atoms with Gasteiger partial charge in [0.2, 0.25) is 0 Å². The molecule has 3 aromatic rings. The van der Waals surface area contributed by atoms with Crippen LogP contribution in [0.2, 0.25) is 0 Å². The maximum Gasteiger partial charge on any atom is 0.254 e. The fraction of sp³-hybridized carbons (Fsp3) is 0.312. The number of rotatable bonds is 5.